The monoisotopic (exact) mass is 289 g/mol. The van der Waals surface area contributed by atoms with E-state index >= 15 is 0 Å². The quantitative estimate of drug-likeness (QED) is 0.808. The van der Waals surface area contributed by atoms with E-state index in [9.17, 15) is 18.0 Å². The van der Waals surface area contributed by atoms with Gasteiger partial charge in [-0.25, -0.2) is 4.79 Å². The zero-order valence-corrected chi connectivity index (χ0v) is 11.5. The highest BCUT2D eigenvalue weighted by Crippen LogP contribution is 2.35. The summed E-state index contributed by atoms with van der Waals surface area (Å²) >= 11 is 0. The first kappa shape index (κ1) is 16.3. The standard InChI is InChI=1S/C14H18F3NO2/c1-3-7-12(13(19)20-4-2)18-11-9-6-5-8-10(11)14(15,16)17/h5-6,8-9,12,18H,3-4,7H2,1-2H3. The van der Waals surface area contributed by atoms with Crippen molar-refractivity contribution in [1.82, 2.24) is 0 Å². The summed E-state index contributed by atoms with van der Waals surface area (Å²) in [6.45, 7) is 3.70. The van der Waals surface area contributed by atoms with Crippen LogP contribution in [-0.2, 0) is 15.7 Å². The van der Waals surface area contributed by atoms with E-state index in [-0.39, 0.29) is 12.3 Å². The molecule has 0 amide bonds. The maximum Gasteiger partial charge on any atom is 0.418 e. The number of hydrogen-bond donors (Lipinski definition) is 1. The summed E-state index contributed by atoms with van der Waals surface area (Å²) in [5, 5.41) is 2.65. The average Bonchev–Trinajstić information content (AvgIpc) is 2.38. The van der Waals surface area contributed by atoms with Crippen LogP contribution in [-0.4, -0.2) is 18.6 Å². The lowest BCUT2D eigenvalue weighted by atomic mass is 10.1. The number of carbonyl (C=O) groups is 1. The maximum atomic E-state index is 12.9. The molecule has 3 nitrogen and oxygen atoms in total. The zero-order chi connectivity index (χ0) is 15.2. The van der Waals surface area contributed by atoms with Gasteiger partial charge in [0.1, 0.15) is 6.04 Å². The van der Waals surface area contributed by atoms with Gasteiger partial charge < -0.3 is 10.1 Å². The lowest BCUT2D eigenvalue weighted by Gasteiger charge is -2.20. The van der Waals surface area contributed by atoms with E-state index in [0.717, 1.165) is 6.07 Å². The van der Waals surface area contributed by atoms with Gasteiger partial charge in [-0.05, 0) is 25.5 Å². The third-order valence-electron chi connectivity index (χ3n) is 2.71. The van der Waals surface area contributed by atoms with Crippen molar-refractivity contribution in [2.75, 3.05) is 11.9 Å². The Hall–Kier alpha value is -1.72. The van der Waals surface area contributed by atoms with Crippen molar-refractivity contribution >= 4 is 11.7 Å². The van der Waals surface area contributed by atoms with Crippen LogP contribution < -0.4 is 5.32 Å². The average molecular weight is 289 g/mol. The molecule has 6 heteroatoms. The molecule has 0 saturated heterocycles. The minimum absolute atomic E-state index is 0.105. The number of hydrogen-bond acceptors (Lipinski definition) is 3. The molecule has 1 rings (SSSR count). The van der Waals surface area contributed by atoms with Crippen LogP contribution in [0.25, 0.3) is 0 Å². The van der Waals surface area contributed by atoms with Gasteiger partial charge in [-0.3, -0.25) is 0 Å². The van der Waals surface area contributed by atoms with Gasteiger partial charge in [0.25, 0.3) is 0 Å². The summed E-state index contributed by atoms with van der Waals surface area (Å²) in [7, 11) is 0. The second-order valence-electron chi connectivity index (χ2n) is 4.28. The normalized spacial score (nSPS) is 12.8. The van der Waals surface area contributed by atoms with Gasteiger partial charge >= 0.3 is 12.1 Å². The first-order valence-electron chi connectivity index (χ1n) is 6.49. The molecule has 112 valence electrons. The third kappa shape index (κ3) is 4.43. The summed E-state index contributed by atoms with van der Waals surface area (Å²) in [6, 6.07) is 4.32. The molecule has 0 heterocycles. The smallest absolute Gasteiger partial charge is 0.418 e. The SMILES string of the molecule is CCCC(Nc1ccccc1C(F)(F)F)C(=O)OCC. The van der Waals surface area contributed by atoms with Gasteiger partial charge in [-0.2, -0.15) is 13.2 Å². The lowest BCUT2D eigenvalue weighted by molar-refractivity contribution is -0.144. The zero-order valence-electron chi connectivity index (χ0n) is 11.5. The number of nitrogens with one attached hydrogen (secondary N) is 1. The number of benzene rings is 1. The molecule has 0 aliphatic heterocycles. The number of carbonyl (C=O) groups excluding carboxylic acids is 1. The molecule has 0 radical (unpaired) electrons. The van der Waals surface area contributed by atoms with Crippen molar-refractivity contribution in [3.05, 3.63) is 29.8 Å². The number of para-hydroxylation sites is 1. The Morgan fingerprint density at radius 3 is 2.50 bits per heavy atom. The van der Waals surface area contributed by atoms with Gasteiger partial charge in [0, 0.05) is 5.69 Å². The minimum Gasteiger partial charge on any atom is -0.464 e. The highest BCUT2D eigenvalue weighted by Gasteiger charge is 2.34. The molecule has 0 fully saturated rings. The van der Waals surface area contributed by atoms with Crippen LogP contribution in [0.5, 0.6) is 0 Å². The third-order valence-corrected chi connectivity index (χ3v) is 2.71. The molecular formula is C14H18F3NO2. The summed E-state index contributed by atoms with van der Waals surface area (Å²) < 4.78 is 43.5. The van der Waals surface area contributed by atoms with Gasteiger partial charge in [-0.1, -0.05) is 25.5 Å². The van der Waals surface area contributed by atoms with Crippen LogP contribution in [0.1, 0.15) is 32.3 Å². The Labute approximate surface area is 116 Å². The van der Waals surface area contributed by atoms with Crippen LogP contribution >= 0.6 is 0 Å². The fourth-order valence-corrected chi connectivity index (χ4v) is 1.82. The van der Waals surface area contributed by atoms with E-state index in [0.29, 0.717) is 12.8 Å². The molecule has 0 saturated carbocycles. The molecule has 0 aromatic heterocycles. The van der Waals surface area contributed by atoms with E-state index in [1.165, 1.54) is 18.2 Å². The molecule has 0 spiro atoms. The topological polar surface area (TPSA) is 38.3 Å². The van der Waals surface area contributed by atoms with Crippen molar-refractivity contribution in [2.45, 2.75) is 38.9 Å². The van der Waals surface area contributed by atoms with E-state index < -0.39 is 23.8 Å². The summed E-state index contributed by atoms with van der Waals surface area (Å²) in [6.07, 6.45) is -3.40. The Morgan fingerprint density at radius 1 is 1.30 bits per heavy atom. The summed E-state index contributed by atoms with van der Waals surface area (Å²) in [4.78, 5) is 11.7. The number of esters is 1. The van der Waals surface area contributed by atoms with Crippen LogP contribution in [0.4, 0.5) is 18.9 Å². The second kappa shape index (κ2) is 7.17. The van der Waals surface area contributed by atoms with E-state index in [1.54, 1.807) is 6.92 Å². The molecule has 1 unspecified atom stereocenters. The Bertz CT molecular complexity index is 446. The Balaban J connectivity index is 2.97. The molecule has 1 aromatic rings. The first-order chi connectivity index (χ1) is 9.40. The van der Waals surface area contributed by atoms with Gasteiger partial charge in [0.2, 0.25) is 0 Å². The maximum absolute atomic E-state index is 12.9. The van der Waals surface area contributed by atoms with Crippen molar-refractivity contribution in [1.29, 1.82) is 0 Å². The number of ether oxygens (including phenoxy) is 1. The van der Waals surface area contributed by atoms with Crippen LogP contribution in [0, 0.1) is 0 Å². The van der Waals surface area contributed by atoms with Crippen LogP contribution in [0.3, 0.4) is 0 Å². The Kier molecular flexibility index (Phi) is 5.85. The van der Waals surface area contributed by atoms with Gasteiger partial charge in [0.15, 0.2) is 0 Å². The fourth-order valence-electron chi connectivity index (χ4n) is 1.82. The minimum atomic E-state index is -4.46. The van der Waals surface area contributed by atoms with Gasteiger partial charge in [-0.15, -0.1) is 0 Å². The van der Waals surface area contributed by atoms with E-state index in [1.807, 2.05) is 6.92 Å². The van der Waals surface area contributed by atoms with Crippen LogP contribution in [0.15, 0.2) is 24.3 Å². The predicted octanol–water partition coefficient (Wildman–Crippen LogP) is 3.85. The Morgan fingerprint density at radius 2 is 1.95 bits per heavy atom. The van der Waals surface area contributed by atoms with Crippen molar-refractivity contribution < 1.29 is 22.7 Å². The van der Waals surface area contributed by atoms with E-state index in [4.69, 9.17) is 4.74 Å². The molecule has 1 aromatic carbocycles. The van der Waals surface area contributed by atoms with E-state index in [2.05, 4.69) is 5.32 Å². The second-order valence-corrected chi connectivity index (χ2v) is 4.28. The summed E-state index contributed by atoms with van der Waals surface area (Å²) in [5.74, 6) is -0.536. The summed E-state index contributed by atoms with van der Waals surface area (Å²) in [5.41, 5.74) is -0.892. The molecule has 0 aliphatic rings. The highest BCUT2D eigenvalue weighted by molar-refractivity contribution is 5.79. The van der Waals surface area contributed by atoms with Gasteiger partial charge in [0.05, 0.1) is 12.2 Å². The molecule has 0 bridgehead atoms. The van der Waals surface area contributed by atoms with Crippen molar-refractivity contribution in [2.24, 2.45) is 0 Å². The fraction of sp³-hybridized carbons (Fsp3) is 0.500. The molecule has 1 N–H and O–H groups in total. The number of rotatable bonds is 6. The lowest BCUT2D eigenvalue weighted by Crippen LogP contribution is -2.32. The van der Waals surface area contributed by atoms with Crippen LogP contribution in [0.2, 0.25) is 0 Å². The molecule has 20 heavy (non-hydrogen) atoms. The highest BCUT2D eigenvalue weighted by atomic mass is 19.4. The number of anilines is 1. The molecular weight excluding hydrogens is 271 g/mol. The number of alkyl halides is 3. The predicted molar refractivity (Wildman–Crippen MR) is 70.4 cm³/mol. The molecule has 1 atom stereocenters. The van der Waals surface area contributed by atoms with Crippen molar-refractivity contribution in [3.63, 3.8) is 0 Å². The number of halogens is 3. The first-order valence-corrected chi connectivity index (χ1v) is 6.49. The largest absolute Gasteiger partial charge is 0.464 e. The van der Waals surface area contributed by atoms with Crippen molar-refractivity contribution in [3.8, 4) is 0 Å². The molecule has 0 aliphatic carbocycles.